The monoisotopic (exact) mass is 202 g/mol. The Balaban J connectivity index is 2.72. The average molecular weight is 202 g/mol. The molecular weight excluding hydrogens is 184 g/mol. The van der Waals surface area contributed by atoms with Crippen molar-refractivity contribution in [2.24, 2.45) is 0 Å². The van der Waals surface area contributed by atoms with Crippen LogP contribution in [0.3, 0.4) is 0 Å². The maximum atomic E-state index is 11.2. The first-order valence-electron chi connectivity index (χ1n) is 5.06. The SMILES string of the molecule is CC(C)OC1(C(=O)O)CCCOCC1. The van der Waals surface area contributed by atoms with Crippen LogP contribution in [0.2, 0.25) is 0 Å². The van der Waals surface area contributed by atoms with Crippen molar-refractivity contribution in [3.63, 3.8) is 0 Å². The van der Waals surface area contributed by atoms with Crippen LogP contribution in [0, 0.1) is 0 Å². The predicted molar refractivity (Wildman–Crippen MR) is 51.3 cm³/mol. The van der Waals surface area contributed by atoms with E-state index in [0.717, 1.165) is 6.42 Å². The van der Waals surface area contributed by atoms with E-state index in [9.17, 15) is 9.90 Å². The third-order valence-electron chi connectivity index (χ3n) is 2.37. The topological polar surface area (TPSA) is 55.8 Å². The van der Waals surface area contributed by atoms with E-state index in [4.69, 9.17) is 9.47 Å². The van der Waals surface area contributed by atoms with E-state index in [0.29, 0.717) is 26.1 Å². The van der Waals surface area contributed by atoms with E-state index >= 15 is 0 Å². The first-order chi connectivity index (χ1) is 6.57. The maximum absolute atomic E-state index is 11.2. The number of ether oxygens (including phenoxy) is 2. The summed E-state index contributed by atoms with van der Waals surface area (Å²) < 4.78 is 10.8. The first kappa shape index (κ1) is 11.5. The van der Waals surface area contributed by atoms with Crippen molar-refractivity contribution in [2.75, 3.05) is 13.2 Å². The number of carbonyl (C=O) groups is 1. The summed E-state index contributed by atoms with van der Waals surface area (Å²) in [5.41, 5.74) is -1.02. The third-order valence-corrected chi connectivity index (χ3v) is 2.37. The lowest BCUT2D eigenvalue weighted by atomic mass is 9.94. The van der Waals surface area contributed by atoms with Crippen LogP contribution in [0.1, 0.15) is 33.1 Å². The van der Waals surface area contributed by atoms with Crippen LogP contribution in [-0.2, 0) is 14.3 Å². The molecule has 1 aliphatic rings. The molecule has 1 unspecified atom stereocenters. The summed E-state index contributed by atoms with van der Waals surface area (Å²) in [4.78, 5) is 11.2. The van der Waals surface area contributed by atoms with Crippen LogP contribution in [0.4, 0.5) is 0 Å². The molecule has 4 nitrogen and oxygen atoms in total. The molecule has 1 heterocycles. The highest BCUT2D eigenvalue weighted by molar-refractivity contribution is 5.77. The first-order valence-corrected chi connectivity index (χ1v) is 5.06. The Morgan fingerprint density at radius 2 is 2.14 bits per heavy atom. The minimum Gasteiger partial charge on any atom is -0.479 e. The number of hydrogen-bond donors (Lipinski definition) is 1. The molecule has 1 fully saturated rings. The van der Waals surface area contributed by atoms with E-state index in [1.54, 1.807) is 0 Å². The van der Waals surface area contributed by atoms with Crippen molar-refractivity contribution in [2.45, 2.75) is 44.8 Å². The zero-order valence-corrected chi connectivity index (χ0v) is 8.78. The van der Waals surface area contributed by atoms with E-state index in [1.807, 2.05) is 13.8 Å². The fraction of sp³-hybridized carbons (Fsp3) is 0.900. The molecule has 1 rings (SSSR count). The van der Waals surface area contributed by atoms with Gasteiger partial charge in [-0.1, -0.05) is 0 Å². The molecule has 1 aliphatic heterocycles. The van der Waals surface area contributed by atoms with Crippen molar-refractivity contribution in [3.8, 4) is 0 Å². The molecule has 0 spiro atoms. The van der Waals surface area contributed by atoms with Crippen LogP contribution in [0.25, 0.3) is 0 Å². The summed E-state index contributed by atoms with van der Waals surface area (Å²) in [7, 11) is 0. The van der Waals surface area contributed by atoms with E-state index in [2.05, 4.69) is 0 Å². The summed E-state index contributed by atoms with van der Waals surface area (Å²) in [6, 6.07) is 0. The van der Waals surface area contributed by atoms with E-state index in [1.165, 1.54) is 0 Å². The second-order valence-corrected chi connectivity index (χ2v) is 3.93. The smallest absolute Gasteiger partial charge is 0.336 e. The summed E-state index contributed by atoms with van der Waals surface area (Å²) in [5.74, 6) is -0.864. The van der Waals surface area contributed by atoms with Gasteiger partial charge in [0.2, 0.25) is 0 Å². The average Bonchev–Trinajstić information content (AvgIpc) is 2.29. The second-order valence-electron chi connectivity index (χ2n) is 3.93. The highest BCUT2D eigenvalue weighted by Gasteiger charge is 2.40. The van der Waals surface area contributed by atoms with E-state index in [-0.39, 0.29) is 6.10 Å². The van der Waals surface area contributed by atoms with Crippen molar-refractivity contribution >= 4 is 5.97 Å². The van der Waals surface area contributed by atoms with Crippen LogP contribution in [0.5, 0.6) is 0 Å². The third kappa shape index (κ3) is 2.69. The molecule has 0 aliphatic carbocycles. The van der Waals surface area contributed by atoms with Gasteiger partial charge >= 0.3 is 5.97 Å². The molecule has 0 bridgehead atoms. The van der Waals surface area contributed by atoms with Gasteiger partial charge in [0.05, 0.1) is 6.10 Å². The van der Waals surface area contributed by atoms with Crippen LogP contribution in [-0.4, -0.2) is 36.0 Å². The number of rotatable bonds is 3. The highest BCUT2D eigenvalue weighted by atomic mass is 16.5. The molecular formula is C10H18O4. The summed E-state index contributed by atoms with van der Waals surface area (Å²) in [5, 5.41) is 9.18. The van der Waals surface area contributed by atoms with Gasteiger partial charge < -0.3 is 14.6 Å². The molecule has 0 aromatic carbocycles. The van der Waals surface area contributed by atoms with Gasteiger partial charge in [-0.25, -0.2) is 4.79 Å². The number of aliphatic carboxylic acids is 1. The molecule has 1 N–H and O–H groups in total. The lowest BCUT2D eigenvalue weighted by Crippen LogP contribution is -2.43. The zero-order chi connectivity index (χ0) is 10.6. The predicted octanol–water partition coefficient (Wildman–Crippen LogP) is 1.44. The van der Waals surface area contributed by atoms with Gasteiger partial charge in [-0.2, -0.15) is 0 Å². The highest BCUT2D eigenvalue weighted by Crippen LogP contribution is 2.27. The molecule has 0 amide bonds. The van der Waals surface area contributed by atoms with Gasteiger partial charge in [0.1, 0.15) is 0 Å². The Labute approximate surface area is 84.2 Å². The largest absolute Gasteiger partial charge is 0.479 e. The number of hydrogen-bond acceptors (Lipinski definition) is 3. The molecule has 4 heteroatoms. The van der Waals surface area contributed by atoms with Crippen molar-refractivity contribution in [1.82, 2.24) is 0 Å². The Morgan fingerprint density at radius 1 is 1.43 bits per heavy atom. The van der Waals surface area contributed by atoms with Crippen molar-refractivity contribution in [1.29, 1.82) is 0 Å². The Kier molecular flexibility index (Phi) is 3.89. The molecule has 0 aromatic heterocycles. The van der Waals surface area contributed by atoms with Crippen molar-refractivity contribution in [3.05, 3.63) is 0 Å². The van der Waals surface area contributed by atoms with Gasteiger partial charge in [-0.3, -0.25) is 0 Å². The minimum absolute atomic E-state index is 0.0656. The van der Waals surface area contributed by atoms with Gasteiger partial charge in [0.15, 0.2) is 5.60 Å². The zero-order valence-electron chi connectivity index (χ0n) is 8.78. The fourth-order valence-electron chi connectivity index (χ4n) is 1.76. The Bertz CT molecular complexity index is 192. The lowest BCUT2D eigenvalue weighted by molar-refractivity contribution is -0.174. The molecule has 82 valence electrons. The molecule has 0 radical (unpaired) electrons. The van der Waals surface area contributed by atoms with E-state index < -0.39 is 11.6 Å². The Hall–Kier alpha value is -0.610. The van der Waals surface area contributed by atoms with Gasteiger partial charge in [0.25, 0.3) is 0 Å². The fourth-order valence-corrected chi connectivity index (χ4v) is 1.76. The van der Waals surface area contributed by atoms with Gasteiger partial charge in [-0.15, -0.1) is 0 Å². The maximum Gasteiger partial charge on any atom is 0.336 e. The standard InChI is InChI=1S/C10H18O4/c1-8(2)14-10(9(11)12)4-3-6-13-7-5-10/h8H,3-7H2,1-2H3,(H,11,12). The molecule has 0 aromatic rings. The minimum atomic E-state index is -1.02. The normalized spacial score (nSPS) is 28.8. The molecule has 0 saturated carbocycles. The number of carboxylic acids is 1. The van der Waals surface area contributed by atoms with Crippen LogP contribution >= 0.6 is 0 Å². The summed E-state index contributed by atoms with van der Waals surface area (Å²) in [6.45, 7) is 4.82. The van der Waals surface area contributed by atoms with Crippen LogP contribution in [0.15, 0.2) is 0 Å². The van der Waals surface area contributed by atoms with Crippen LogP contribution < -0.4 is 0 Å². The summed E-state index contributed by atoms with van der Waals surface area (Å²) >= 11 is 0. The molecule has 1 saturated heterocycles. The quantitative estimate of drug-likeness (QED) is 0.752. The van der Waals surface area contributed by atoms with Gasteiger partial charge in [-0.05, 0) is 26.7 Å². The molecule has 1 atom stereocenters. The number of carboxylic acid groups (broad SMARTS) is 1. The lowest BCUT2D eigenvalue weighted by Gasteiger charge is -2.29. The molecule has 14 heavy (non-hydrogen) atoms. The summed E-state index contributed by atoms with van der Waals surface area (Å²) in [6.07, 6.45) is 1.67. The van der Waals surface area contributed by atoms with Crippen molar-refractivity contribution < 1.29 is 19.4 Å². The second kappa shape index (κ2) is 4.75. The van der Waals surface area contributed by atoms with Gasteiger partial charge in [0, 0.05) is 19.6 Å². The Morgan fingerprint density at radius 3 is 2.71 bits per heavy atom.